The van der Waals surface area contributed by atoms with Crippen LogP contribution in [0.15, 0.2) is 0 Å². The van der Waals surface area contributed by atoms with Crippen LogP contribution in [0.25, 0.3) is 0 Å². The van der Waals surface area contributed by atoms with Crippen LogP contribution < -0.4 is 0 Å². The highest BCUT2D eigenvalue weighted by atomic mass is 16.5. The van der Waals surface area contributed by atoms with Crippen LogP contribution in [0, 0.1) is 5.92 Å². The van der Waals surface area contributed by atoms with E-state index in [9.17, 15) is 0 Å². The van der Waals surface area contributed by atoms with E-state index in [1.54, 1.807) is 0 Å². The number of hydrogen-bond acceptors (Lipinski definition) is 3. The molecule has 1 fully saturated rings. The van der Waals surface area contributed by atoms with Gasteiger partial charge < -0.3 is 14.9 Å². The standard InChI is InChI=1S/C5H10O3/c6-1-4-2-8-3-5(4)7/h4-7H,1-3H2/t4-,5+/m0/s1. The van der Waals surface area contributed by atoms with Crippen molar-refractivity contribution in [3.8, 4) is 0 Å². The lowest BCUT2D eigenvalue weighted by Gasteiger charge is -2.05. The Bertz CT molecular complexity index is 74.1. The molecular formula is C5H10O3. The third-order valence-corrected chi connectivity index (χ3v) is 1.40. The molecule has 3 heteroatoms. The summed E-state index contributed by atoms with van der Waals surface area (Å²) < 4.78 is 4.85. The summed E-state index contributed by atoms with van der Waals surface area (Å²) in [6.45, 7) is 0.907. The van der Waals surface area contributed by atoms with Crippen molar-refractivity contribution in [2.24, 2.45) is 5.92 Å². The summed E-state index contributed by atoms with van der Waals surface area (Å²) in [7, 11) is 0. The molecule has 0 radical (unpaired) electrons. The van der Waals surface area contributed by atoms with Gasteiger partial charge in [0.15, 0.2) is 0 Å². The summed E-state index contributed by atoms with van der Waals surface area (Å²) in [5.74, 6) is -0.0463. The highest BCUT2D eigenvalue weighted by Gasteiger charge is 2.24. The van der Waals surface area contributed by atoms with Crippen molar-refractivity contribution in [3.63, 3.8) is 0 Å². The Balaban J connectivity index is 2.30. The average Bonchev–Trinajstić information content (AvgIpc) is 2.14. The van der Waals surface area contributed by atoms with E-state index in [1.165, 1.54) is 0 Å². The second-order valence-corrected chi connectivity index (χ2v) is 2.05. The number of hydrogen-bond donors (Lipinski definition) is 2. The van der Waals surface area contributed by atoms with Crippen molar-refractivity contribution in [3.05, 3.63) is 0 Å². The summed E-state index contributed by atoms with van der Waals surface area (Å²) in [4.78, 5) is 0. The molecular weight excluding hydrogens is 108 g/mol. The van der Waals surface area contributed by atoms with Crippen molar-refractivity contribution in [2.75, 3.05) is 19.8 Å². The minimum atomic E-state index is -0.444. The Hall–Kier alpha value is -0.120. The predicted octanol–water partition coefficient (Wildman–Crippen LogP) is -1.01. The van der Waals surface area contributed by atoms with Gasteiger partial charge in [-0.25, -0.2) is 0 Å². The first kappa shape index (κ1) is 6.01. The van der Waals surface area contributed by atoms with Crippen LogP contribution in [0.5, 0.6) is 0 Å². The van der Waals surface area contributed by atoms with Crippen molar-refractivity contribution < 1.29 is 14.9 Å². The van der Waals surface area contributed by atoms with Crippen LogP contribution in [0.1, 0.15) is 0 Å². The maximum atomic E-state index is 8.90. The Morgan fingerprint density at radius 2 is 2.25 bits per heavy atom. The molecule has 3 nitrogen and oxygen atoms in total. The smallest absolute Gasteiger partial charge is 0.0845 e. The third-order valence-electron chi connectivity index (χ3n) is 1.40. The lowest BCUT2D eigenvalue weighted by atomic mass is 10.1. The first-order chi connectivity index (χ1) is 3.84. The molecule has 0 spiro atoms. The van der Waals surface area contributed by atoms with Gasteiger partial charge in [-0.2, -0.15) is 0 Å². The van der Waals surface area contributed by atoms with Crippen LogP contribution in [0.2, 0.25) is 0 Å². The topological polar surface area (TPSA) is 49.7 Å². The zero-order chi connectivity index (χ0) is 5.98. The number of ether oxygens (including phenoxy) is 1. The van der Waals surface area contributed by atoms with Crippen LogP contribution in [0.4, 0.5) is 0 Å². The Labute approximate surface area is 47.9 Å². The summed E-state index contributed by atoms with van der Waals surface area (Å²) in [5.41, 5.74) is 0. The molecule has 1 heterocycles. The van der Waals surface area contributed by atoms with Crippen LogP contribution in [-0.4, -0.2) is 36.1 Å². The van der Waals surface area contributed by atoms with Crippen LogP contribution in [-0.2, 0) is 4.74 Å². The summed E-state index contributed by atoms with van der Waals surface area (Å²) in [6, 6.07) is 0. The van der Waals surface area contributed by atoms with E-state index in [4.69, 9.17) is 14.9 Å². The highest BCUT2D eigenvalue weighted by molar-refractivity contribution is 4.72. The lowest BCUT2D eigenvalue weighted by Crippen LogP contribution is -2.20. The molecule has 0 bridgehead atoms. The largest absolute Gasteiger partial charge is 0.396 e. The normalized spacial score (nSPS) is 38.2. The molecule has 1 rings (SSSR count). The van der Waals surface area contributed by atoms with Gasteiger partial charge in [-0.15, -0.1) is 0 Å². The number of aliphatic hydroxyl groups excluding tert-OH is 2. The quantitative estimate of drug-likeness (QED) is 0.463. The molecule has 1 aliphatic rings. The van der Waals surface area contributed by atoms with Gasteiger partial charge in [0, 0.05) is 5.92 Å². The van der Waals surface area contributed by atoms with E-state index in [0.29, 0.717) is 13.2 Å². The fourth-order valence-electron chi connectivity index (χ4n) is 0.762. The highest BCUT2D eigenvalue weighted by Crippen LogP contribution is 2.11. The zero-order valence-corrected chi connectivity index (χ0v) is 4.58. The second-order valence-electron chi connectivity index (χ2n) is 2.05. The molecule has 1 aliphatic heterocycles. The summed E-state index contributed by atoms with van der Waals surface area (Å²) >= 11 is 0. The zero-order valence-electron chi connectivity index (χ0n) is 4.58. The molecule has 1 saturated heterocycles. The van der Waals surface area contributed by atoms with Crippen molar-refractivity contribution >= 4 is 0 Å². The Kier molecular flexibility index (Phi) is 1.83. The van der Waals surface area contributed by atoms with Crippen molar-refractivity contribution in [1.82, 2.24) is 0 Å². The van der Waals surface area contributed by atoms with Crippen molar-refractivity contribution in [1.29, 1.82) is 0 Å². The van der Waals surface area contributed by atoms with Gasteiger partial charge in [-0.3, -0.25) is 0 Å². The molecule has 0 unspecified atom stereocenters. The van der Waals surface area contributed by atoms with E-state index in [2.05, 4.69) is 0 Å². The maximum Gasteiger partial charge on any atom is 0.0845 e. The molecule has 0 amide bonds. The molecule has 0 aliphatic carbocycles. The monoisotopic (exact) mass is 118 g/mol. The molecule has 8 heavy (non-hydrogen) atoms. The van der Waals surface area contributed by atoms with E-state index in [0.717, 1.165) is 0 Å². The van der Waals surface area contributed by atoms with E-state index in [-0.39, 0.29) is 12.5 Å². The minimum Gasteiger partial charge on any atom is -0.396 e. The number of aliphatic hydroxyl groups is 2. The predicted molar refractivity (Wildman–Crippen MR) is 27.4 cm³/mol. The maximum absolute atomic E-state index is 8.90. The van der Waals surface area contributed by atoms with E-state index >= 15 is 0 Å². The van der Waals surface area contributed by atoms with Gasteiger partial charge in [-0.05, 0) is 0 Å². The van der Waals surface area contributed by atoms with Crippen molar-refractivity contribution in [2.45, 2.75) is 6.10 Å². The minimum absolute atomic E-state index is 0.0289. The second kappa shape index (κ2) is 2.44. The van der Waals surface area contributed by atoms with Gasteiger partial charge in [0.05, 0.1) is 25.9 Å². The SMILES string of the molecule is OC[C@H]1COC[C@H]1O. The van der Waals surface area contributed by atoms with Gasteiger partial charge in [0.1, 0.15) is 0 Å². The molecule has 2 N–H and O–H groups in total. The van der Waals surface area contributed by atoms with Gasteiger partial charge in [0.2, 0.25) is 0 Å². The molecule has 0 aromatic carbocycles. The van der Waals surface area contributed by atoms with Gasteiger partial charge in [-0.1, -0.05) is 0 Å². The Morgan fingerprint density at radius 3 is 2.50 bits per heavy atom. The first-order valence-corrected chi connectivity index (χ1v) is 2.71. The van der Waals surface area contributed by atoms with Crippen LogP contribution >= 0.6 is 0 Å². The number of rotatable bonds is 1. The first-order valence-electron chi connectivity index (χ1n) is 2.71. The molecule has 0 aromatic rings. The lowest BCUT2D eigenvalue weighted by molar-refractivity contribution is 0.0988. The van der Waals surface area contributed by atoms with Gasteiger partial charge >= 0.3 is 0 Å². The fraction of sp³-hybridized carbons (Fsp3) is 1.00. The summed E-state index contributed by atoms with van der Waals surface area (Å²) in [5, 5.41) is 17.4. The van der Waals surface area contributed by atoms with E-state index in [1.807, 2.05) is 0 Å². The average molecular weight is 118 g/mol. The molecule has 48 valence electrons. The summed E-state index contributed by atoms with van der Waals surface area (Å²) in [6.07, 6.45) is -0.444. The fourth-order valence-corrected chi connectivity index (χ4v) is 0.762. The third kappa shape index (κ3) is 0.992. The molecule has 0 saturated carbocycles. The van der Waals surface area contributed by atoms with E-state index < -0.39 is 6.10 Å². The van der Waals surface area contributed by atoms with Crippen LogP contribution in [0.3, 0.4) is 0 Å². The Morgan fingerprint density at radius 1 is 1.50 bits per heavy atom. The molecule has 2 atom stereocenters. The van der Waals surface area contributed by atoms with Gasteiger partial charge in [0.25, 0.3) is 0 Å². The molecule has 0 aromatic heterocycles.